The number of fused-ring (bicyclic) bond motifs is 1. The van der Waals surface area contributed by atoms with Crippen molar-refractivity contribution >= 4 is 38.7 Å². The highest BCUT2D eigenvalue weighted by Gasteiger charge is 2.36. The van der Waals surface area contributed by atoms with E-state index in [1.165, 1.54) is 10.7 Å². The molecule has 0 radical (unpaired) electrons. The fourth-order valence-corrected chi connectivity index (χ4v) is 6.35. The number of sulfonamides is 1. The van der Waals surface area contributed by atoms with Crippen LogP contribution in [-0.4, -0.2) is 58.0 Å². The van der Waals surface area contributed by atoms with Crippen LogP contribution < -0.4 is 0 Å². The van der Waals surface area contributed by atoms with Crippen molar-refractivity contribution in [3.8, 4) is 0 Å². The predicted octanol–water partition coefficient (Wildman–Crippen LogP) is 2.49. The quantitative estimate of drug-likeness (QED) is 0.779. The third-order valence-corrected chi connectivity index (χ3v) is 8.23. The van der Waals surface area contributed by atoms with Crippen LogP contribution in [0.4, 0.5) is 0 Å². The molecule has 2 fully saturated rings. The van der Waals surface area contributed by atoms with Crippen molar-refractivity contribution in [2.24, 2.45) is 5.92 Å². The van der Waals surface area contributed by atoms with Gasteiger partial charge in [-0.2, -0.15) is 13.1 Å². The first-order chi connectivity index (χ1) is 13.0. The number of hydrogen-bond donors (Lipinski definition) is 0. The SMILES string of the molecule is C[C@@H]1CCCCN1C(=O)C1CCN(S(=O)(=O)c2cccc3nsnc23)CC1. The van der Waals surface area contributed by atoms with Crippen LogP contribution >= 0.6 is 11.7 Å². The molecule has 146 valence electrons. The number of rotatable bonds is 3. The van der Waals surface area contributed by atoms with Gasteiger partial charge < -0.3 is 4.90 Å². The van der Waals surface area contributed by atoms with E-state index in [0.29, 0.717) is 43.0 Å². The Labute approximate surface area is 163 Å². The Morgan fingerprint density at radius 3 is 2.63 bits per heavy atom. The average Bonchev–Trinajstić information content (AvgIpc) is 3.16. The minimum atomic E-state index is -3.63. The second kappa shape index (κ2) is 7.44. The van der Waals surface area contributed by atoms with Gasteiger partial charge in [0.1, 0.15) is 15.9 Å². The third kappa shape index (κ3) is 3.48. The van der Waals surface area contributed by atoms with E-state index in [1.54, 1.807) is 18.2 Å². The zero-order valence-electron chi connectivity index (χ0n) is 15.4. The average molecular weight is 409 g/mol. The van der Waals surface area contributed by atoms with Crippen molar-refractivity contribution < 1.29 is 13.2 Å². The van der Waals surface area contributed by atoms with Crippen LogP contribution in [-0.2, 0) is 14.8 Å². The second-order valence-corrected chi connectivity index (χ2v) is 9.88. The van der Waals surface area contributed by atoms with Gasteiger partial charge in [-0.3, -0.25) is 4.79 Å². The Hall–Kier alpha value is -1.58. The zero-order chi connectivity index (χ0) is 19.0. The minimum Gasteiger partial charge on any atom is -0.340 e. The molecule has 0 unspecified atom stereocenters. The Bertz CT molecular complexity index is 935. The van der Waals surface area contributed by atoms with Crippen molar-refractivity contribution in [2.45, 2.75) is 50.0 Å². The minimum absolute atomic E-state index is 0.0752. The molecule has 0 aliphatic carbocycles. The second-order valence-electron chi connectivity index (χ2n) is 7.44. The summed E-state index contributed by atoms with van der Waals surface area (Å²) in [6.45, 7) is 3.68. The molecule has 0 bridgehead atoms. The number of carbonyl (C=O) groups is 1. The summed E-state index contributed by atoms with van der Waals surface area (Å²) in [4.78, 5) is 15.1. The van der Waals surface area contributed by atoms with E-state index in [2.05, 4.69) is 15.7 Å². The van der Waals surface area contributed by atoms with Gasteiger partial charge in [-0.25, -0.2) is 8.42 Å². The summed E-state index contributed by atoms with van der Waals surface area (Å²) in [7, 11) is -3.63. The van der Waals surface area contributed by atoms with Crippen molar-refractivity contribution in [3.63, 3.8) is 0 Å². The molecule has 2 aliphatic heterocycles. The fraction of sp³-hybridized carbons (Fsp3) is 0.611. The molecular formula is C18H24N4O3S2. The highest BCUT2D eigenvalue weighted by Crippen LogP contribution is 2.29. The summed E-state index contributed by atoms with van der Waals surface area (Å²) in [5.74, 6) is 0.124. The van der Waals surface area contributed by atoms with Crippen LogP contribution in [0.3, 0.4) is 0 Å². The van der Waals surface area contributed by atoms with E-state index >= 15 is 0 Å². The Morgan fingerprint density at radius 1 is 1.11 bits per heavy atom. The number of hydrogen-bond acceptors (Lipinski definition) is 6. The molecule has 1 aromatic carbocycles. The normalized spacial score (nSPS) is 23.0. The van der Waals surface area contributed by atoms with E-state index in [-0.39, 0.29) is 16.7 Å². The van der Waals surface area contributed by atoms with E-state index < -0.39 is 10.0 Å². The summed E-state index contributed by atoms with van der Waals surface area (Å²) in [5.41, 5.74) is 1.04. The van der Waals surface area contributed by atoms with Gasteiger partial charge in [0.15, 0.2) is 0 Å². The molecule has 7 nitrogen and oxygen atoms in total. The Morgan fingerprint density at radius 2 is 1.89 bits per heavy atom. The third-order valence-electron chi connectivity index (χ3n) is 5.76. The number of piperidine rings is 2. The number of carbonyl (C=O) groups excluding carboxylic acids is 1. The highest BCUT2D eigenvalue weighted by molar-refractivity contribution is 7.89. The maximum atomic E-state index is 13.1. The summed E-state index contributed by atoms with van der Waals surface area (Å²) < 4.78 is 36.0. The van der Waals surface area contributed by atoms with E-state index in [4.69, 9.17) is 0 Å². The van der Waals surface area contributed by atoms with Crippen LogP contribution in [0.25, 0.3) is 11.0 Å². The first-order valence-corrected chi connectivity index (χ1v) is 11.7. The van der Waals surface area contributed by atoms with E-state index in [9.17, 15) is 13.2 Å². The lowest BCUT2D eigenvalue weighted by Crippen LogP contribution is -2.48. The van der Waals surface area contributed by atoms with Crippen molar-refractivity contribution in [2.75, 3.05) is 19.6 Å². The maximum absolute atomic E-state index is 13.1. The van der Waals surface area contributed by atoms with E-state index in [0.717, 1.165) is 31.1 Å². The van der Waals surface area contributed by atoms with Crippen molar-refractivity contribution in [1.82, 2.24) is 18.0 Å². The monoisotopic (exact) mass is 408 g/mol. The summed E-state index contributed by atoms with van der Waals surface area (Å²) >= 11 is 1.02. The van der Waals surface area contributed by atoms with Gasteiger partial charge in [0, 0.05) is 31.6 Å². The molecule has 4 rings (SSSR count). The molecular weight excluding hydrogens is 384 g/mol. The zero-order valence-corrected chi connectivity index (χ0v) is 17.0. The van der Waals surface area contributed by atoms with Crippen molar-refractivity contribution in [1.29, 1.82) is 0 Å². The number of benzene rings is 1. The largest absolute Gasteiger partial charge is 0.340 e. The smallest absolute Gasteiger partial charge is 0.245 e. The van der Waals surface area contributed by atoms with Gasteiger partial charge in [-0.05, 0) is 51.2 Å². The number of amides is 1. The van der Waals surface area contributed by atoms with Crippen LogP contribution in [0.5, 0.6) is 0 Å². The molecule has 27 heavy (non-hydrogen) atoms. The topological polar surface area (TPSA) is 83.5 Å². The van der Waals surface area contributed by atoms with Crippen LogP contribution in [0.2, 0.25) is 0 Å². The molecule has 2 saturated heterocycles. The molecule has 0 N–H and O–H groups in total. The maximum Gasteiger partial charge on any atom is 0.245 e. The van der Waals surface area contributed by atoms with Crippen LogP contribution in [0.15, 0.2) is 23.1 Å². The fourth-order valence-electron chi connectivity index (χ4n) is 4.13. The van der Waals surface area contributed by atoms with Gasteiger partial charge in [0.05, 0.1) is 11.7 Å². The van der Waals surface area contributed by atoms with Crippen LogP contribution in [0, 0.1) is 5.92 Å². The molecule has 0 saturated carbocycles. The van der Waals surface area contributed by atoms with E-state index in [1.807, 2.05) is 4.90 Å². The highest BCUT2D eigenvalue weighted by atomic mass is 32.2. The molecule has 1 atom stereocenters. The molecule has 1 aromatic heterocycles. The molecule has 0 spiro atoms. The Kier molecular flexibility index (Phi) is 5.17. The van der Waals surface area contributed by atoms with Gasteiger partial charge in [-0.15, -0.1) is 0 Å². The number of aromatic nitrogens is 2. The lowest BCUT2D eigenvalue weighted by atomic mass is 9.94. The van der Waals surface area contributed by atoms with Gasteiger partial charge >= 0.3 is 0 Å². The summed E-state index contributed by atoms with van der Waals surface area (Å²) in [6.07, 6.45) is 4.46. The molecule has 3 heterocycles. The first-order valence-electron chi connectivity index (χ1n) is 9.50. The standard InChI is InChI=1S/C18H24N4O3S2/c1-13-5-2-3-10-22(13)18(23)14-8-11-21(12-9-14)27(24,25)16-7-4-6-15-17(16)20-26-19-15/h4,6-7,13-14H,2-3,5,8-12H2,1H3/t13-/m1/s1. The molecule has 2 aliphatic rings. The number of likely N-dealkylation sites (tertiary alicyclic amines) is 1. The lowest BCUT2D eigenvalue weighted by molar-refractivity contribution is -0.140. The summed E-state index contributed by atoms with van der Waals surface area (Å²) in [5, 5.41) is 0. The molecule has 2 aromatic rings. The van der Waals surface area contributed by atoms with Crippen LogP contribution in [0.1, 0.15) is 39.0 Å². The summed E-state index contributed by atoms with van der Waals surface area (Å²) in [6, 6.07) is 5.35. The molecule has 9 heteroatoms. The first kappa shape index (κ1) is 18.8. The van der Waals surface area contributed by atoms with Gasteiger partial charge in [0.2, 0.25) is 15.9 Å². The van der Waals surface area contributed by atoms with Gasteiger partial charge in [-0.1, -0.05) is 6.07 Å². The van der Waals surface area contributed by atoms with Gasteiger partial charge in [0.25, 0.3) is 0 Å². The predicted molar refractivity (Wildman–Crippen MR) is 104 cm³/mol. The lowest BCUT2D eigenvalue weighted by Gasteiger charge is -2.38. The number of nitrogens with zero attached hydrogens (tertiary/aromatic N) is 4. The molecule has 1 amide bonds. The Balaban J connectivity index is 1.47. The van der Waals surface area contributed by atoms with Crippen molar-refractivity contribution in [3.05, 3.63) is 18.2 Å².